The molecule has 0 spiro atoms. The molecule has 0 unspecified atom stereocenters. The average molecular weight is 364 g/mol. The van der Waals surface area contributed by atoms with Gasteiger partial charge in [-0.15, -0.1) is 10.2 Å². The van der Waals surface area contributed by atoms with Crippen molar-refractivity contribution in [2.24, 2.45) is 0 Å². The predicted molar refractivity (Wildman–Crippen MR) is 98.8 cm³/mol. The number of amides is 1. The fourth-order valence-corrected chi connectivity index (χ4v) is 2.70. The van der Waals surface area contributed by atoms with Gasteiger partial charge >= 0.3 is 0 Å². The molecule has 0 bridgehead atoms. The highest BCUT2D eigenvalue weighted by Gasteiger charge is 2.11. The Kier molecular flexibility index (Phi) is 4.33. The Balaban J connectivity index is 1.57. The van der Waals surface area contributed by atoms with Gasteiger partial charge < -0.3 is 5.32 Å². The lowest BCUT2D eigenvalue weighted by molar-refractivity contribution is 0.0949. The smallest absolute Gasteiger partial charge is 0.251 e. The van der Waals surface area contributed by atoms with Crippen molar-refractivity contribution in [1.82, 2.24) is 25.1 Å². The maximum absolute atomic E-state index is 12.2. The Hall–Kier alpha value is -3.25. The highest BCUT2D eigenvalue weighted by Crippen LogP contribution is 2.16. The van der Waals surface area contributed by atoms with Crippen LogP contribution in [0.3, 0.4) is 0 Å². The molecule has 1 amide bonds. The summed E-state index contributed by atoms with van der Waals surface area (Å²) in [6.45, 7) is 0.216. The van der Waals surface area contributed by atoms with Gasteiger partial charge in [0.05, 0.1) is 12.2 Å². The second-order valence-corrected chi connectivity index (χ2v) is 6.10. The van der Waals surface area contributed by atoms with E-state index in [-0.39, 0.29) is 12.5 Å². The van der Waals surface area contributed by atoms with Crippen molar-refractivity contribution < 1.29 is 4.79 Å². The van der Waals surface area contributed by atoms with E-state index in [0.717, 1.165) is 11.3 Å². The summed E-state index contributed by atoms with van der Waals surface area (Å²) in [4.78, 5) is 12.2. The Morgan fingerprint density at radius 2 is 1.73 bits per heavy atom. The van der Waals surface area contributed by atoms with Gasteiger partial charge in [0.15, 0.2) is 11.5 Å². The minimum Gasteiger partial charge on any atom is -0.345 e. The Labute approximate surface area is 154 Å². The summed E-state index contributed by atoms with van der Waals surface area (Å²) in [6, 6.07) is 20.3. The van der Waals surface area contributed by atoms with Crippen molar-refractivity contribution in [2.45, 2.75) is 6.54 Å². The molecule has 0 fully saturated rings. The molecule has 26 heavy (non-hydrogen) atoms. The van der Waals surface area contributed by atoms with Gasteiger partial charge in [0.2, 0.25) is 0 Å². The highest BCUT2D eigenvalue weighted by molar-refractivity contribution is 6.30. The first-order chi connectivity index (χ1) is 12.7. The number of nitrogens with zero attached hydrogens (tertiary/aromatic N) is 4. The second kappa shape index (κ2) is 6.93. The quantitative estimate of drug-likeness (QED) is 0.603. The van der Waals surface area contributed by atoms with E-state index >= 15 is 0 Å². The van der Waals surface area contributed by atoms with Gasteiger partial charge in [-0.05, 0) is 36.4 Å². The molecule has 0 aliphatic heterocycles. The number of nitrogens with one attached hydrogen (secondary N) is 1. The molecule has 0 radical (unpaired) electrons. The Bertz CT molecular complexity index is 1060. The SMILES string of the molecule is O=C(NCc1nnc2ccc(-c3ccccc3)nn12)c1ccc(Cl)cc1. The number of rotatable bonds is 4. The molecule has 4 aromatic rings. The van der Waals surface area contributed by atoms with Crippen LogP contribution in [-0.2, 0) is 6.54 Å². The first kappa shape index (κ1) is 16.2. The largest absolute Gasteiger partial charge is 0.345 e. The van der Waals surface area contributed by atoms with E-state index in [1.165, 1.54) is 0 Å². The summed E-state index contributed by atoms with van der Waals surface area (Å²) in [5.41, 5.74) is 2.96. The van der Waals surface area contributed by atoms with Crippen LogP contribution in [0.4, 0.5) is 0 Å². The van der Waals surface area contributed by atoms with Gasteiger partial charge in [0, 0.05) is 16.1 Å². The van der Waals surface area contributed by atoms with Crippen LogP contribution in [-0.4, -0.2) is 25.7 Å². The molecule has 7 heteroatoms. The van der Waals surface area contributed by atoms with Crippen molar-refractivity contribution in [2.75, 3.05) is 0 Å². The van der Waals surface area contributed by atoms with Gasteiger partial charge in [-0.1, -0.05) is 41.9 Å². The van der Waals surface area contributed by atoms with E-state index in [9.17, 15) is 4.79 Å². The zero-order chi connectivity index (χ0) is 17.9. The van der Waals surface area contributed by atoms with Gasteiger partial charge in [-0.3, -0.25) is 4.79 Å². The van der Waals surface area contributed by atoms with E-state index in [0.29, 0.717) is 22.1 Å². The molecule has 4 rings (SSSR count). The minimum absolute atomic E-state index is 0.211. The van der Waals surface area contributed by atoms with Crippen molar-refractivity contribution in [3.63, 3.8) is 0 Å². The third-order valence-corrected chi connectivity index (χ3v) is 4.16. The van der Waals surface area contributed by atoms with Crippen molar-refractivity contribution >= 4 is 23.2 Å². The maximum Gasteiger partial charge on any atom is 0.251 e. The van der Waals surface area contributed by atoms with Crippen molar-refractivity contribution in [3.05, 3.63) is 83.1 Å². The number of hydrogen-bond acceptors (Lipinski definition) is 4. The van der Waals surface area contributed by atoms with Crippen LogP contribution in [0.1, 0.15) is 16.2 Å². The zero-order valence-electron chi connectivity index (χ0n) is 13.6. The standard InChI is InChI=1S/C19H14ClN5O/c20-15-8-6-14(7-9-15)19(26)21-12-18-23-22-17-11-10-16(24-25(17)18)13-4-2-1-3-5-13/h1-11H,12H2,(H,21,26). The van der Waals surface area contributed by atoms with Gasteiger partial charge in [0.1, 0.15) is 0 Å². The van der Waals surface area contributed by atoms with E-state index in [2.05, 4.69) is 20.6 Å². The lowest BCUT2D eigenvalue weighted by Gasteiger charge is -2.05. The molecular formula is C19H14ClN5O. The molecule has 0 saturated carbocycles. The van der Waals surface area contributed by atoms with E-state index in [4.69, 9.17) is 11.6 Å². The number of carbonyl (C=O) groups is 1. The second-order valence-electron chi connectivity index (χ2n) is 5.66. The number of aromatic nitrogens is 4. The first-order valence-corrected chi connectivity index (χ1v) is 8.39. The molecule has 2 aromatic heterocycles. The number of carbonyl (C=O) groups excluding carboxylic acids is 1. The molecule has 2 heterocycles. The van der Waals surface area contributed by atoms with E-state index < -0.39 is 0 Å². The molecule has 6 nitrogen and oxygen atoms in total. The number of halogens is 1. The molecule has 0 aliphatic rings. The molecule has 0 atom stereocenters. The summed E-state index contributed by atoms with van der Waals surface area (Å²) < 4.78 is 1.64. The van der Waals surface area contributed by atoms with E-state index in [1.54, 1.807) is 28.8 Å². The van der Waals surface area contributed by atoms with Crippen LogP contribution in [0.2, 0.25) is 5.02 Å². The number of hydrogen-bond donors (Lipinski definition) is 1. The Morgan fingerprint density at radius 1 is 0.962 bits per heavy atom. The molecule has 128 valence electrons. The van der Waals surface area contributed by atoms with Crippen LogP contribution >= 0.6 is 11.6 Å². The van der Waals surface area contributed by atoms with Gasteiger partial charge in [0.25, 0.3) is 5.91 Å². The fraction of sp³-hybridized carbons (Fsp3) is 0.0526. The van der Waals surface area contributed by atoms with Gasteiger partial charge in [-0.2, -0.15) is 9.61 Å². The third kappa shape index (κ3) is 3.27. The topological polar surface area (TPSA) is 72.2 Å². The van der Waals surface area contributed by atoms with Crippen molar-refractivity contribution in [1.29, 1.82) is 0 Å². The summed E-state index contributed by atoms with van der Waals surface area (Å²) in [5.74, 6) is 0.345. The lowest BCUT2D eigenvalue weighted by Crippen LogP contribution is -2.24. The highest BCUT2D eigenvalue weighted by atomic mass is 35.5. The summed E-state index contributed by atoms with van der Waals surface area (Å²) in [5, 5.41) is 16.2. The molecule has 2 aromatic carbocycles. The number of fused-ring (bicyclic) bond motifs is 1. The van der Waals surface area contributed by atoms with Crippen molar-refractivity contribution in [3.8, 4) is 11.3 Å². The van der Waals surface area contributed by atoms with Crippen LogP contribution in [0.25, 0.3) is 16.9 Å². The Morgan fingerprint density at radius 3 is 2.50 bits per heavy atom. The van der Waals surface area contributed by atoms with Crippen LogP contribution in [0, 0.1) is 0 Å². The van der Waals surface area contributed by atoms with E-state index in [1.807, 2.05) is 42.5 Å². The van der Waals surface area contributed by atoms with Crippen LogP contribution in [0.15, 0.2) is 66.7 Å². The van der Waals surface area contributed by atoms with Gasteiger partial charge in [-0.25, -0.2) is 0 Å². The maximum atomic E-state index is 12.2. The molecule has 0 saturated heterocycles. The first-order valence-electron chi connectivity index (χ1n) is 8.01. The number of benzene rings is 2. The average Bonchev–Trinajstić information content (AvgIpc) is 3.09. The van der Waals surface area contributed by atoms with Crippen LogP contribution in [0.5, 0.6) is 0 Å². The minimum atomic E-state index is -0.211. The molecule has 1 N–H and O–H groups in total. The molecular weight excluding hydrogens is 350 g/mol. The summed E-state index contributed by atoms with van der Waals surface area (Å²) in [7, 11) is 0. The summed E-state index contributed by atoms with van der Waals surface area (Å²) in [6.07, 6.45) is 0. The van der Waals surface area contributed by atoms with Crippen LogP contribution < -0.4 is 5.32 Å². The lowest BCUT2D eigenvalue weighted by atomic mass is 10.1. The summed E-state index contributed by atoms with van der Waals surface area (Å²) >= 11 is 5.84. The monoisotopic (exact) mass is 363 g/mol. The zero-order valence-corrected chi connectivity index (χ0v) is 14.4. The predicted octanol–water partition coefficient (Wildman–Crippen LogP) is 3.37. The normalized spacial score (nSPS) is 10.8. The fourth-order valence-electron chi connectivity index (χ4n) is 2.57. The third-order valence-electron chi connectivity index (χ3n) is 3.91. The molecule has 0 aliphatic carbocycles.